The number of benzene rings is 8. The molecule has 4 saturated heterocycles. The second-order valence-corrected chi connectivity index (χ2v) is 43.2. The third-order valence-corrected chi connectivity index (χ3v) is 32.8. The number of anilines is 4. The van der Waals surface area contributed by atoms with Crippen LogP contribution >= 0.6 is 81.2 Å². The van der Waals surface area contributed by atoms with Crippen molar-refractivity contribution >= 4 is 171 Å². The first-order valence-corrected chi connectivity index (χ1v) is 53.9. The number of nitrogens with zero attached hydrogens (tertiary/aromatic N) is 16. The molecular formula is C114H115Cl7N16O12. The Morgan fingerprint density at radius 3 is 1.05 bits per heavy atom. The van der Waals surface area contributed by atoms with Crippen molar-refractivity contribution < 1.29 is 57.7 Å². The van der Waals surface area contributed by atoms with Gasteiger partial charge in [0.25, 0.3) is 0 Å². The number of aromatic nitrogens is 8. The van der Waals surface area contributed by atoms with Gasteiger partial charge in [0.05, 0.1) is 73.9 Å². The minimum absolute atomic E-state index is 0.0616. The Morgan fingerprint density at radius 2 is 0.678 bits per heavy atom. The molecule has 8 aromatic carbocycles. The maximum Gasteiger partial charge on any atom is 0.354 e. The molecule has 4 aliphatic carbocycles. The van der Waals surface area contributed by atoms with Crippen LogP contribution in [0.15, 0.2) is 200 Å². The summed E-state index contributed by atoms with van der Waals surface area (Å²) in [5.41, 5.74) is 20.1. The SMILES string of the molecule is CC1CN(c2ccc3c(C(=O)O)cn(C)c3c2)CCN1CCc1c(-c2c(Cl)cccc2Cl)noc1C1CC1.Cn1cc(C(=O)O)c2ccc(N3CCCN(CCc4c(-c5c(Cl)cccc5Cl)noc4C4CC4)CC3)cc21.Cn1cc(C(=O)O)c2ccc(N3CCN(CCc4c(-c5ccccc5Cl)noc4C4CC4)CC3)cc21.O=C(O)c1ccc2cc(N3CCN(CCc4c(-c5c(Cl)cccc5Cl)noc4C4CC4)CC3)ccc2n1. The maximum atomic E-state index is 11.6. The van der Waals surface area contributed by atoms with Crippen molar-refractivity contribution in [2.24, 2.45) is 21.1 Å². The van der Waals surface area contributed by atoms with Crippen LogP contribution in [0.3, 0.4) is 0 Å². The van der Waals surface area contributed by atoms with E-state index in [0.717, 1.165) is 341 Å². The molecule has 4 aliphatic heterocycles. The number of halogens is 7. The zero-order chi connectivity index (χ0) is 103. The van der Waals surface area contributed by atoms with E-state index in [4.69, 9.17) is 99.3 Å². The first-order valence-electron chi connectivity index (χ1n) is 51.2. The molecule has 0 amide bonds. The zero-order valence-corrected chi connectivity index (χ0v) is 88.5. The average Bonchev–Trinajstić information content (AvgIpc) is 1.64. The van der Waals surface area contributed by atoms with Crippen molar-refractivity contribution in [1.82, 2.24) is 58.9 Å². The first kappa shape index (κ1) is 102. The van der Waals surface area contributed by atoms with Gasteiger partial charge in [-0.1, -0.05) is 144 Å². The highest BCUT2D eigenvalue weighted by molar-refractivity contribution is 6.40. The summed E-state index contributed by atoms with van der Waals surface area (Å²) in [4.78, 5) is 69.7. The van der Waals surface area contributed by atoms with Crippen LogP contribution in [-0.2, 0) is 46.8 Å². The van der Waals surface area contributed by atoms with Crippen LogP contribution in [0.5, 0.6) is 0 Å². The highest BCUT2D eigenvalue weighted by atomic mass is 35.5. The van der Waals surface area contributed by atoms with Gasteiger partial charge in [-0.25, -0.2) is 24.2 Å². The van der Waals surface area contributed by atoms with Gasteiger partial charge >= 0.3 is 23.9 Å². The summed E-state index contributed by atoms with van der Waals surface area (Å²) in [5, 5.41) is 62.9. The summed E-state index contributed by atoms with van der Waals surface area (Å²) in [6.07, 6.45) is 18.6. The summed E-state index contributed by atoms with van der Waals surface area (Å²) in [5.74, 6) is 2.13. The fourth-order valence-corrected chi connectivity index (χ4v) is 23.7. The average molecular weight is 2150 g/mol. The highest BCUT2D eigenvalue weighted by Gasteiger charge is 2.40. The van der Waals surface area contributed by atoms with E-state index in [-0.39, 0.29) is 5.69 Å². The van der Waals surface area contributed by atoms with Crippen molar-refractivity contribution in [3.8, 4) is 45.0 Å². The van der Waals surface area contributed by atoms with Gasteiger partial charge in [-0.05, 0) is 218 Å². The van der Waals surface area contributed by atoms with E-state index in [2.05, 4.69) is 96.0 Å². The van der Waals surface area contributed by atoms with Crippen molar-refractivity contribution in [2.75, 3.05) is 144 Å². The number of hydrogen-bond donors (Lipinski definition) is 4. The number of carboxylic acid groups (broad SMARTS) is 4. The Labute approximate surface area is 897 Å². The second kappa shape index (κ2) is 44.2. The van der Waals surface area contributed by atoms with E-state index in [1.807, 2.05) is 168 Å². The molecule has 16 aromatic rings. The second-order valence-electron chi connectivity index (χ2n) is 40.4. The molecule has 12 heterocycles. The van der Waals surface area contributed by atoms with Gasteiger partial charge in [0.1, 0.15) is 51.5 Å². The molecule has 1 unspecified atom stereocenters. The van der Waals surface area contributed by atoms with Crippen LogP contribution in [0.4, 0.5) is 22.7 Å². The Hall–Kier alpha value is -12.4. The lowest BCUT2D eigenvalue weighted by Gasteiger charge is -2.41. The predicted octanol–water partition coefficient (Wildman–Crippen LogP) is 24.5. The van der Waals surface area contributed by atoms with E-state index >= 15 is 0 Å². The predicted molar refractivity (Wildman–Crippen MR) is 588 cm³/mol. The normalized spacial score (nSPS) is 17.1. The molecule has 1 atom stereocenters. The van der Waals surface area contributed by atoms with E-state index in [9.17, 15) is 39.6 Å². The quantitative estimate of drug-likeness (QED) is 0.0354. The Morgan fingerprint density at radius 1 is 0.342 bits per heavy atom. The smallest absolute Gasteiger partial charge is 0.354 e. The largest absolute Gasteiger partial charge is 0.478 e. The molecule has 4 saturated carbocycles. The van der Waals surface area contributed by atoms with Gasteiger partial charge in [0.15, 0.2) is 0 Å². The molecule has 8 aromatic heterocycles. The summed E-state index contributed by atoms with van der Waals surface area (Å²) in [7, 11) is 5.69. The number of hydrogen-bond acceptors (Lipinski definition) is 21. The Balaban J connectivity index is 0.000000116. The molecule has 0 bridgehead atoms. The molecule has 8 aliphatic rings. The topological polar surface area (TPSA) is 307 Å². The van der Waals surface area contributed by atoms with Gasteiger partial charge < -0.3 is 76.7 Å². The number of fused-ring (bicyclic) bond motifs is 4. The first-order chi connectivity index (χ1) is 72.2. The highest BCUT2D eigenvalue weighted by Crippen LogP contribution is 2.52. The maximum absolute atomic E-state index is 11.6. The molecule has 149 heavy (non-hydrogen) atoms. The molecule has 0 spiro atoms. The fourth-order valence-electron chi connectivity index (χ4n) is 21.7. The minimum atomic E-state index is -1.01. The van der Waals surface area contributed by atoms with Crippen LogP contribution in [0.1, 0.15) is 175 Å². The third-order valence-electron chi connectivity index (χ3n) is 30.5. The summed E-state index contributed by atoms with van der Waals surface area (Å²) >= 11 is 45.7. The van der Waals surface area contributed by atoms with Gasteiger partial charge in [-0.3, -0.25) is 14.7 Å². The van der Waals surface area contributed by atoms with Gasteiger partial charge in [0.2, 0.25) is 0 Å². The Kier molecular flexibility index (Phi) is 30.4. The van der Waals surface area contributed by atoms with Gasteiger partial charge in [-0.2, -0.15) is 0 Å². The van der Waals surface area contributed by atoms with E-state index < -0.39 is 23.9 Å². The fraction of sp³-hybridized carbons (Fsp3) is 0.360. The molecule has 28 nitrogen and oxygen atoms in total. The third kappa shape index (κ3) is 22.3. The number of aryl methyl sites for hydroxylation is 3. The number of piperazine rings is 3. The van der Waals surface area contributed by atoms with Crippen molar-refractivity contribution in [2.45, 2.75) is 120 Å². The van der Waals surface area contributed by atoms with Gasteiger partial charge in [-0.15, -0.1) is 0 Å². The van der Waals surface area contributed by atoms with E-state index in [1.54, 1.807) is 24.7 Å². The van der Waals surface area contributed by atoms with E-state index in [1.165, 1.54) is 18.4 Å². The monoisotopic (exact) mass is 2140 g/mol. The van der Waals surface area contributed by atoms with Crippen LogP contribution in [0.25, 0.3) is 88.6 Å². The zero-order valence-electron chi connectivity index (χ0n) is 83.2. The minimum Gasteiger partial charge on any atom is -0.478 e. The number of carboxylic acids is 4. The van der Waals surface area contributed by atoms with Crippen LogP contribution in [0.2, 0.25) is 35.2 Å². The number of rotatable bonds is 28. The van der Waals surface area contributed by atoms with Crippen molar-refractivity contribution in [3.05, 3.63) is 285 Å². The standard InChI is InChI=1S/2C29H30Cl2N4O3.C28H26Cl2N4O3.C28H29ClN4O3/c1-17-15-35(19-8-9-20-22(29(36)37)16-33(2)25(20)14-19)13-12-34(17)11-10-21-27(32-38-28(21)18-6-7-18)26-23(30)4-3-5-24(26)31;1-33-17-22(29(36)37)20-9-8-19(16-25(20)33)35-12-3-11-34(14-15-35)13-10-21-27(32-38-28(21)18-6-7-18)26-23(30)4-2-5-24(26)31;29-21-2-1-3-22(30)25(21)26-20(27(37-32-26)17-4-5-17)10-11-33-12-14-34(15-13-33)19-7-9-23-18(16-19)6-8-24(31-23)28(35)36;1-31-17-23(28(34)35)20-9-8-19(16-25(20)31)33-14-12-32(13-15-33)11-10-22-26(21-4-2-3-5-24(21)29)30-36-27(22)18-6-7-18/h3-5,8-9,14,16-18H,6-7,10-13,15H2,1-2H3,(H,36,37);2,4-5,8-9,16-18H,3,6-7,10-15H2,1H3,(H,36,37);1-3,6-9,16-17H,4-5,10-15H2,(H,35,36);2-5,8-9,16-18H,6-7,10-15H2,1H3,(H,34,35). The molecule has 4 N–H and O–H groups in total. The summed E-state index contributed by atoms with van der Waals surface area (Å²) in [6.45, 7) is 20.0. The lowest BCUT2D eigenvalue weighted by Crippen LogP contribution is -2.52. The Bertz CT molecular complexity index is 7570. The van der Waals surface area contributed by atoms with Crippen LogP contribution < -0.4 is 19.6 Å². The molecule has 8 fully saturated rings. The summed E-state index contributed by atoms with van der Waals surface area (Å²) in [6, 6.07) is 52.4. The number of carbonyl (C=O) groups is 4. The lowest BCUT2D eigenvalue weighted by molar-refractivity contribution is 0.0682. The molecule has 24 rings (SSSR count). The van der Waals surface area contributed by atoms with Crippen molar-refractivity contribution in [3.63, 3.8) is 0 Å². The molecular weight excluding hydrogens is 2030 g/mol. The number of aromatic carboxylic acids is 4. The van der Waals surface area contributed by atoms with Crippen molar-refractivity contribution in [1.29, 1.82) is 0 Å². The van der Waals surface area contributed by atoms with Crippen LogP contribution in [0, 0.1) is 0 Å². The summed E-state index contributed by atoms with van der Waals surface area (Å²) < 4.78 is 29.0. The van der Waals surface area contributed by atoms with Gasteiger partial charge in [0, 0.05) is 276 Å². The van der Waals surface area contributed by atoms with Crippen LogP contribution in [-0.4, -0.2) is 234 Å². The molecule has 35 heteroatoms. The van der Waals surface area contributed by atoms with E-state index in [0.29, 0.717) is 87.1 Å². The molecule has 0 radical (unpaired) electrons. The lowest BCUT2D eigenvalue weighted by atomic mass is 10.0. The molecule has 772 valence electrons. The number of pyridine rings is 1.